The van der Waals surface area contributed by atoms with E-state index < -0.39 is 0 Å². The minimum Gasteiger partial charge on any atom is -0.280 e. The molecule has 0 bridgehead atoms. The number of unbranched alkanes of at least 4 members (excludes halogenated alkanes) is 1. The maximum Gasteiger partial charge on any atom is 0.232 e. The van der Waals surface area contributed by atoms with Crippen LogP contribution in [0.3, 0.4) is 0 Å². The van der Waals surface area contributed by atoms with Crippen molar-refractivity contribution in [3.8, 4) is 0 Å². The molecule has 0 saturated heterocycles. The molecule has 1 fully saturated rings. The van der Waals surface area contributed by atoms with Crippen molar-refractivity contribution in [1.82, 2.24) is 0 Å². The van der Waals surface area contributed by atoms with Gasteiger partial charge in [0.05, 0.1) is 5.41 Å². The van der Waals surface area contributed by atoms with Crippen LogP contribution in [0.25, 0.3) is 0 Å². The van der Waals surface area contributed by atoms with Gasteiger partial charge in [-0.2, -0.15) is 0 Å². The first-order valence-electron chi connectivity index (χ1n) is 6.96. The molecular weight excluding hydrogens is 244 g/mol. The largest absolute Gasteiger partial charge is 0.280 e. The van der Waals surface area contributed by atoms with Crippen molar-refractivity contribution in [3.63, 3.8) is 0 Å². The van der Waals surface area contributed by atoms with Crippen LogP contribution in [0.15, 0.2) is 18.2 Å². The molecule has 1 aromatic carbocycles. The Hall–Kier alpha value is -0.820. The van der Waals surface area contributed by atoms with Gasteiger partial charge in [-0.3, -0.25) is 4.79 Å². The molecule has 0 unspecified atom stereocenters. The summed E-state index contributed by atoms with van der Waals surface area (Å²) in [5.41, 5.74) is 3.59. The maximum atomic E-state index is 11.6. The lowest BCUT2D eigenvalue weighted by Gasteiger charge is -2.15. The van der Waals surface area contributed by atoms with Crippen LogP contribution in [0.1, 0.15) is 56.2 Å². The molecule has 0 aromatic heterocycles. The molecule has 1 aliphatic carbocycles. The topological polar surface area (TPSA) is 17.1 Å². The normalized spacial score (nSPS) is 16.6. The van der Waals surface area contributed by atoms with Crippen LogP contribution in [0, 0.1) is 0 Å². The number of carbonyl (C=O) groups is 1. The van der Waals surface area contributed by atoms with E-state index in [9.17, 15) is 4.79 Å². The third-order valence-electron chi connectivity index (χ3n) is 4.07. The van der Waals surface area contributed by atoms with Gasteiger partial charge < -0.3 is 0 Å². The molecule has 98 valence electrons. The van der Waals surface area contributed by atoms with E-state index in [1.165, 1.54) is 24.0 Å². The van der Waals surface area contributed by atoms with Crippen LogP contribution in [0.2, 0.25) is 0 Å². The molecule has 1 aliphatic rings. The quantitative estimate of drug-likeness (QED) is 0.697. The molecule has 18 heavy (non-hydrogen) atoms. The van der Waals surface area contributed by atoms with Crippen molar-refractivity contribution >= 4 is 16.8 Å². The highest BCUT2D eigenvalue weighted by Gasteiger charge is 2.50. The zero-order valence-corrected chi connectivity index (χ0v) is 12.0. The van der Waals surface area contributed by atoms with Gasteiger partial charge in [0.15, 0.2) is 0 Å². The summed E-state index contributed by atoms with van der Waals surface area (Å²) in [6, 6.07) is 6.50. The van der Waals surface area contributed by atoms with Crippen LogP contribution in [-0.4, -0.2) is 5.24 Å². The molecule has 0 spiro atoms. The van der Waals surface area contributed by atoms with Crippen molar-refractivity contribution in [3.05, 3.63) is 34.9 Å². The first kappa shape index (κ1) is 13.6. The van der Waals surface area contributed by atoms with Crippen molar-refractivity contribution in [1.29, 1.82) is 0 Å². The molecule has 2 heteroatoms. The predicted molar refractivity (Wildman–Crippen MR) is 76.2 cm³/mol. The van der Waals surface area contributed by atoms with Crippen LogP contribution >= 0.6 is 11.6 Å². The van der Waals surface area contributed by atoms with Gasteiger partial charge in [-0.15, -0.1) is 0 Å². The summed E-state index contributed by atoms with van der Waals surface area (Å²) in [6.07, 6.45) is 6.40. The number of hydrogen-bond donors (Lipinski definition) is 0. The van der Waals surface area contributed by atoms with E-state index >= 15 is 0 Å². The summed E-state index contributed by atoms with van der Waals surface area (Å²) < 4.78 is 0. The van der Waals surface area contributed by atoms with E-state index in [1.807, 2.05) is 0 Å². The maximum absolute atomic E-state index is 11.6. The Morgan fingerprint density at radius 1 is 1.28 bits per heavy atom. The zero-order valence-electron chi connectivity index (χ0n) is 11.3. The molecule has 1 saturated carbocycles. The number of halogens is 1. The highest BCUT2D eigenvalue weighted by molar-refractivity contribution is 6.66. The van der Waals surface area contributed by atoms with Crippen molar-refractivity contribution in [2.24, 2.45) is 0 Å². The summed E-state index contributed by atoms with van der Waals surface area (Å²) in [5.74, 6) is 0. The summed E-state index contributed by atoms with van der Waals surface area (Å²) in [6.45, 7) is 4.39. The summed E-state index contributed by atoms with van der Waals surface area (Å²) in [7, 11) is 0. The van der Waals surface area contributed by atoms with Gasteiger partial charge in [-0.05, 0) is 60.4 Å². The summed E-state index contributed by atoms with van der Waals surface area (Å²) in [5, 5.41) is -0.187. The van der Waals surface area contributed by atoms with Crippen LogP contribution < -0.4 is 0 Å². The fourth-order valence-corrected chi connectivity index (χ4v) is 2.89. The minimum absolute atomic E-state index is 0.187. The number of carbonyl (C=O) groups excluding carboxylic acids is 1. The number of aryl methyl sites for hydroxylation is 2. The molecule has 0 N–H and O–H groups in total. The average molecular weight is 265 g/mol. The number of rotatable bonds is 6. The zero-order chi connectivity index (χ0) is 13.2. The van der Waals surface area contributed by atoms with Crippen molar-refractivity contribution < 1.29 is 4.79 Å². The Labute approximate surface area is 115 Å². The Morgan fingerprint density at radius 2 is 2.00 bits per heavy atom. The summed E-state index contributed by atoms with van der Waals surface area (Å²) >= 11 is 5.76. The van der Waals surface area contributed by atoms with E-state index in [1.54, 1.807) is 0 Å². The van der Waals surface area contributed by atoms with Gasteiger partial charge in [0.1, 0.15) is 0 Å². The number of benzene rings is 1. The third-order valence-corrected chi connectivity index (χ3v) is 4.43. The van der Waals surface area contributed by atoms with Gasteiger partial charge >= 0.3 is 0 Å². The Morgan fingerprint density at radius 3 is 2.50 bits per heavy atom. The molecule has 2 rings (SSSR count). The van der Waals surface area contributed by atoms with Gasteiger partial charge in [-0.1, -0.05) is 38.5 Å². The molecule has 0 heterocycles. The second kappa shape index (κ2) is 5.44. The van der Waals surface area contributed by atoms with E-state index in [4.69, 9.17) is 11.6 Å². The monoisotopic (exact) mass is 264 g/mol. The lowest BCUT2D eigenvalue weighted by Crippen LogP contribution is -2.15. The number of hydrogen-bond acceptors (Lipinski definition) is 1. The lowest BCUT2D eigenvalue weighted by atomic mass is 9.91. The molecule has 0 atom stereocenters. The van der Waals surface area contributed by atoms with E-state index in [0.717, 1.165) is 31.2 Å². The summed E-state index contributed by atoms with van der Waals surface area (Å²) in [4.78, 5) is 11.6. The minimum atomic E-state index is -0.352. The Bertz CT molecular complexity index is 446. The van der Waals surface area contributed by atoms with Crippen LogP contribution in [0.5, 0.6) is 0 Å². The van der Waals surface area contributed by atoms with E-state index in [-0.39, 0.29) is 10.7 Å². The highest BCUT2D eigenvalue weighted by Crippen LogP contribution is 2.50. The molecule has 0 aliphatic heterocycles. The fraction of sp³-hybridized carbons (Fsp3) is 0.562. The SMILES string of the molecule is CCCCc1cc(C2(C(=O)Cl)CC2)ccc1CC. The molecule has 1 nitrogen and oxygen atoms in total. The van der Waals surface area contributed by atoms with Crippen molar-refractivity contribution in [2.45, 2.75) is 57.8 Å². The van der Waals surface area contributed by atoms with Crippen molar-refractivity contribution in [2.75, 3.05) is 0 Å². The smallest absolute Gasteiger partial charge is 0.232 e. The molecule has 0 amide bonds. The molecular formula is C16H21ClO. The average Bonchev–Trinajstić information content (AvgIpc) is 3.17. The van der Waals surface area contributed by atoms with Crippen LogP contribution in [0.4, 0.5) is 0 Å². The lowest BCUT2D eigenvalue weighted by molar-refractivity contribution is -0.113. The fourth-order valence-electron chi connectivity index (χ4n) is 2.59. The van der Waals surface area contributed by atoms with Gasteiger partial charge in [0.2, 0.25) is 5.24 Å². The second-order valence-corrected chi connectivity index (χ2v) is 5.64. The first-order chi connectivity index (χ1) is 8.64. The third kappa shape index (κ3) is 2.47. The Kier molecular flexibility index (Phi) is 4.11. The van der Waals surface area contributed by atoms with E-state index in [2.05, 4.69) is 32.0 Å². The van der Waals surface area contributed by atoms with Gasteiger partial charge in [-0.25, -0.2) is 0 Å². The second-order valence-electron chi connectivity index (χ2n) is 5.30. The Balaban J connectivity index is 2.31. The molecule has 1 aromatic rings. The molecule has 0 radical (unpaired) electrons. The van der Waals surface area contributed by atoms with E-state index in [0.29, 0.717) is 0 Å². The predicted octanol–water partition coefficient (Wildman–Crippen LogP) is 4.39. The highest BCUT2D eigenvalue weighted by atomic mass is 35.5. The standard InChI is InChI=1S/C16H21ClO/c1-3-5-6-13-11-14(8-7-12(13)4-2)16(9-10-16)15(17)18/h7-8,11H,3-6,9-10H2,1-2H3. The van der Waals surface area contributed by atoms with Gasteiger partial charge in [0, 0.05) is 0 Å². The van der Waals surface area contributed by atoms with Crippen LogP contribution in [-0.2, 0) is 23.1 Å². The first-order valence-corrected chi connectivity index (χ1v) is 7.34. The van der Waals surface area contributed by atoms with Gasteiger partial charge in [0.25, 0.3) is 0 Å².